The van der Waals surface area contributed by atoms with E-state index in [1.54, 1.807) is 12.1 Å². The number of benzene rings is 4. The Morgan fingerprint density at radius 3 is 2.04 bits per heavy atom. The summed E-state index contributed by atoms with van der Waals surface area (Å²) in [6.45, 7) is 6.35. The minimum Gasteiger partial charge on any atom is -0.393 e. The molecule has 0 spiro atoms. The number of para-hydroxylation sites is 1. The van der Waals surface area contributed by atoms with Gasteiger partial charge in [-0.1, -0.05) is 92.7 Å². The summed E-state index contributed by atoms with van der Waals surface area (Å²) in [4.78, 5) is 26.4. The number of amides is 1. The number of rotatable bonds is 15. The molecule has 2 atom stereocenters. The molecule has 1 heterocycles. The van der Waals surface area contributed by atoms with Crippen molar-refractivity contribution in [1.29, 1.82) is 0 Å². The van der Waals surface area contributed by atoms with Crippen LogP contribution in [0.3, 0.4) is 0 Å². The molecule has 2 N–H and O–H groups in total. The van der Waals surface area contributed by atoms with Gasteiger partial charge in [-0.25, -0.2) is 4.39 Å². The Balaban J connectivity index is 1.54. The van der Waals surface area contributed by atoms with Crippen LogP contribution >= 0.6 is 0 Å². The lowest BCUT2D eigenvalue weighted by Crippen LogP contribution is -2.24. The van der Waals surface area contributed by atoms with Crippen molar-refractivity contribution in [3.8, 4) is 22.4 Å². The highest BCUT2D eigenvalue weighted by atomic mass is 19.1. The number of carbonyl (C=O) groups excluding carboxylic acids is 2. The number of nitrogens with one attached hydrogen (secondary N) is 1. The maximum atomic E-state index is 14.3. The van der Waals surface area contributed by atoms with Gasteiger partial charge in [0.1, 0.15) is 11.6 Å². The molecule has 5 rings (SSSR count). The normalized spacial score (nSPS) is 12.5. The largest absolute Gasteiger partial charge is 0.393 e. The second-order valence-corrected chi connectivity index (χ2v) is 12.5. The highest BCUT2D eigenvalue weighted by Gasteiger charge is 2.31. The van der Waals surface area contributed by atoms with E-state index in [2.05, 4.69) is 9.88 Å². The van der Waals surface area contributed by atoms with Crippen LogP contribution in [-0.4, -0.2) is 33.6 Å². The maximum absolute atomic E-state index is 14.3. The molecule has 6 nitrogen and oxygen atoms in total. The predicted molar refractivity (Wildman–Crippen MR) is 189 cm³/mol. The molecule has 0 aliphatic heterocycles. The van der Waals surface area contributed by atoms with Crippen LogP contribution in [0.15, 0.2) is 115 Å². The third-order valence-corrected chi connectivity index (χ3v) is 8.35. The minimum atomic E-state index is -0.782. The van der Waals surface area contributed by atoms with Crippen molar-refractivity contribution in [3.63, 3.8) is 0 Å². The van der Waals surface area contributed by atoms with Gasteiger partial charge < -0.3 is 19.7 Å². The average Bonchev–Trinajstić information content (AvgIpc) is 3.43. The number of nitrogens with zero attached hydrogens (tertiary/aromatic N) is 1. The first-order valence-electron chi connectivity index (χ1n) is 16.5. The Morgan fingerprint density at radius 2 is 1.44 bits per heavy atom. The molecule has 0 aliphatic carbocycles. The number of hydrogen-bond acceptors (Lipinski definition) is 4. The second kappa shape index (κ2) is 16.3. The van der Waals surface area contributed by atoms with E-state index in [1.807, 2.05) is 105 Å². The molecule has 1 amide bonds. The summed E-state index contributed by atoms with van der Waals surface area (Å²) in [6, 6.07) is 35.1. The molecule has 0 radical (unpaired) electrons. The van der Waals surface area contributed by atoms with E-state index < -0.39 is 12.2 Å². The van der Waals surface area contributed by atoms with Crippen LogP contribution in [0.1, 0.15) is 67.6 Å². The van der Waals surface area contributed by atoms with Crippen molar-refractivity contribution in [2.24, 2.45) is 0 Å². The van der Waals surface area contributed by atoms with Gasteiger partial charge >= 0.3 is 0 Å². The molecule has 0 fully saturated rings. The number of carbonyl (C=O) groups is 2. The molecule has 2 unspecified atom stereocenters. The number of aromatic nitrogens is 1. The SMILES string of the molecule is CC(=O)CC(CC(O)CCn1c(-c2ccc(F)cc2)c(-c2ccccc2)c(C(=O)Nc2ccccc2)c1C(C)C)OCc1ccccc1. The molecule has 4 aromatic carbocycles. The summed E-state index contributed by atoms with van der Waals surface area (Å²) >= 11 is 0. The van der Waals surface area contributed by atoms with Gasteiger partial charge in [-0.2, -0.15) is 0 Å². The van der Waals surface area contributed by atoms with E-state index in [4.69, 9.17) is 4.74 Å². The fourth-order valence-electron chi connectivity index (χ4n) is 6.23. The molecule has 0 saturated carbocycles. The van der Waals surface area contributed by atoms with Gasteiger partial charge in [-0.15, -0.1) is 0 Å². The van der Waals surface area contributed by atoms with Gasteiger partial charge in [-0.3, -0.25) is 9.59 Å². The Labute approximate surface area is 282 Å². The van der Waals surface area contributed by atoms with E-state index in [9.17, 15) is 19.1 Å². The molecule has 1 aromatic heterocycles. The van der Waals surface area contributed by atoms with Gasteiger partial charge in [0, 0.05) is 36.3 Å². The lowest BCUT2D eigenvalue weighted by Gasteiger charge is -2.22. The second-order valence-electron chi connectivity index (χ2n) is 12.5. The Hall–Kier alpha value is -4.85. The van der Waals surface area contributed by atoms with E-state index in [0.29, 0.717) is 30.8 Å². The van der Waals surface area contributed by atoms with Crippen LogP contribution in [0, 0.1) is 5.82 Å². The first kappa shape index (κ1) is 34.5. The van der Waals surface area contributed by atoms with Crippen LogP contribution < -0.4 is 5.32 Å². The minimum absolute atomic E-state index is 0.00654. The molecule has 5 aromatic rings. The van der Waals surface area contributed by atoms with E-state index >= 15 is 0 Å². The topological polar surface area (TPSA) is 80.6 Å². The van der Waals surface area contributed by atoms with Crippen LogP contribution in [0.5, 0.6) is 0 Å². The van der Waals surface area contributed by atoms with E-state index in [1.165, 1.54) is 19.1 Å². The van der Waals surface area contributed by atoms with Crippen LogP contribution in [-0.2, 0) is 22.7 Å². The van der Waals surface area contributed by atoms with Crippen molar-refractivity contribution in [2.75, 3.05) is 5.32 Å². The molecule has 7 heteroatoms. The molecule has 48 heavy (non-hydrogen) atoms. The fourth-order valence-corrected chi connectivity index (χ4v) is 6.23. The summed E-state index contributed by atoms with van der Waals surface area (Å²) < 4.78 is 22.4. The number of ether oxygens (including phenoxy) is 1. The zero-order chi connectivity index (χ0) is 34.0. The highest BCUT2D eigenvalue weighted by molar-refractivity contribution is 6.12. The van der Waals surface area contributed by atoms with E-state index in [-0.39, 0.29) is 36.3 Å². The van der Waals surface area contributed by atoms with Crippen molar-refractivity contribution >= 4 is 17.4 Å². The predicted octanol–water partition coefficient (Wildman–Crippen LogP) is 9.04. The average molecular weight is 647 g/mol. The smallest absolute Gasteiger partial charge is 0.258 e. The molecule has 0 aliphatic rings. The summed E-state index contributed by atoms with van der Waals surface area (Å²) in [6.07, 6.45) is -0.401. The summed E-state index contributed by atoms with van der Waals surface area (Å²) in [7, 11) is 0. The molecule has 0 bridgehead atoms. The Bertz CT molecular complexity index is 1790. The number of halogens is 1. The van der Waals surface area contributed by atoms with Gasteiger partial charge in [0.2, 0.25) is 0 Å². The van der Waals surface area contributed by atoms with Gasteiger partial charge in [-0.05, 0) is 72.4 Å². The Morgan fingerprint density at radius 1 is 0.833 bits per heavy atom. The van der Waals surface area contributed by atoms with Crippen molar-refractivity contribution in [1.82, 2.24) is 4.57 Å². The third kappa shape index (κ3) is 8.73. The maximum Gasteiger partial charge on any atom is 0.258 e. The van der Waals surface area contributed by atoms with Crippen molar-refractivity contribution in [3.05, 3.63) is 138 Å². The number of ketones is 1. The number of aliphatic hydroxyl groups is 1. The summed E-state index contributed by atoms with van der Waals surface area (Å²) in [5.74, 6) is -0.683. The summed E-state index contributed by atoms with van der Waals surface area (Å²) in [5, 5.41) is 14.5. The first-order chi connectivity index (χ1) is 23.2. The summed E-state index contributed by atoms with van der Waals surface area (Å²) in [5.41, 5.74) is 6.15. The third-order valence-electron chi connectivity index (χ3n) is 8.35. The van der Waals surface area contributed by atoms with Gasteiger partial charge in [0.25, 0.3) is 5.91 Å². The monoisotopic (exact) mass is 646 g/mol. The van der Waals surface area contributed by atoms with Crippen LogP contribution in [0.25, 0.3) is 22.4 Å². The van der Waals surface area contributed by atoms with Crippen LogP contribution in [0.2, 0.25) is 0 Å². The zero-order valence-corrected chi connectivity index (χ0v) is 27.7. The van der Waals surface area contributed by atoms with Crippen molar-refractivity contribution < 1.29 is 23.8 Å². The van der Waals surface area contributed by atoms with Gasteiger partial charge in [0.15, 0.2) is 0 Å². The lowest BCUT2D eigenvalue weighted by atomic mass is 9.94. The van der Waals surface area contributed by atoms with E-state index in [0.717, 1.165) is 33.6 Å². The molecular formula is C41H43FN2O4. The fraction of sp³-hybridized carbons (Fsp3) is 0.268. The number of aliphatic hydroxyl groups excluding tert-OH is 1. The number of anilines is 1. The first-order valence-corrected chi connectivity index (χ1v) is 16.5. The standard InChI is InChI=1S/C41H43FN2O4/c1-28(2)39-38(41(47)43-34-17-11-6-12-18-34)37(31-15-9-5-10-16-31)40(32-19-21-33(42)22-20-32)44(39)24-23-35(46)26-36(25-29(3)45)48-27-30-13-7-4-8-14-30/h4-22,28,35-36,46H,23-27H2,1-3H3,(H,43,47). The number of hydrogen-bond donors (Lipinski definition) is 2. The lowest BCUT2D eigenvalue weighted by molar-refractivity contribution is -0.120. The van der Waals surface area contributed by atoms with Crippen molar-refractivity contribution in [2.45, 2.75) is 71.3 Å². The molecule has 0 saturated heterocycles. The number of Topliss-reactive ketones (excluding diaryl/α,β-unsaturated/α-hetero) is 1. The zero-order valence-electron chi connectivity index (χ0n) is 27.7. The quantitative estimate of drug-likeness (QED) is 0.119. The Kier molecular flexibility index (Phi) is 11.7. The van der Waals surface area contributed by atoms with Crippen LogP contribution in [0.4, 0.5) is 10.1 Å². The van der Waals surface area contributed by atoms with Gasteiger partial charge in [0.05, 0.1) is 30.1 Å². The molecule has 248 valence electrons. The highest BCUT2D eigenvalue weighted by Crippen LogP contribution is 2.42. The molecular weight excluding hydrogens is 603 g/mol.